The van der Waals surface area contributed by atoms with Crippen molar-refractivity contribution in [2.45, 2.75) is 53.9 Å². The van der Waals surface area contributed by atoms with Gasteiger partial charge in [0.05, 0.1) is 0 Å². The number of hydrogen-bond acceptors (Lipinski definition) is 1. The van der Waals surface area contributed by atoms with Crippen LogP contribution in [0.2, 0.25) is 0 Å². The van der Waals surface area contributed by atoms with Gasteiger partial charge in [-0.25, -0.2) is 0 Å². The number of hydrogen-bond donors (Lipinski definition) is 0. The lowest BCUT2D eigenvalue weighted by Crippen LogP contribution is -2.36. The number of carbonyl (C=O) groups excluding carboxylic acids is 1. The number of aldehydes is 1. The highest BCUT2D eigenvalue weighted by Gasteiger charge is 2.60. The fourth-order valence-electron chi connectivity index (χ4n) is 5.14. The van der Waals surface area contributed by atoms with Crippen molar-refractivity contribution in [1.29, 1.82) is 0 Å². The van der Waals surface area contributed by atoms with Crippen LogP contribution in [0.15, 0.2) is 12.2 Å². The van der Waals surface area contributed by atoms with Gasteiger partial charge in [0.1, 0.15) is 6.29 Å². The molecule has 4 atom stereocenters. The molecule has 0 bridgehead atoms. The summed E-state index contributed by atoms with van der Waals surface area (Å²) in [6.45, 7) is 16.1. The summed E-state index contributed by atoms with van der Waals surface area (Å²) in [7, 11) is 0. The molecule has 0 aromatic rings. The van der Waals surface area contributed by atoms with E-state index in [0.717, 1.165) is 24.2 Å². The zero-order valence-electron chi connectivity index (χ0n) is 12.6. The van der Waals surface area contributed by atoms with Gasteiger partial charge in [-0.3, -0.25) is 4.79 Å². The molecule has 0 aliphatic heterocycles. The Balaban J connectivity index is 2.43. The van der Waals surface area contributed by atoms with Gasteiger partial charge in [0.2, 0.25) is 0 Å². The molecule has 18 heavy (non-hydrogen) atoms. The number of fused-ring (bicyclic) bond motifs is 1. The molecular weight excluding hydrogens is 220 g/mol. The first kappa shape index (κ1) is 13.8. The van der Waals surface area contributed by atoms with Crippen molar-refractivity contribution < 1.29 is 4.79 Å². The highest BCUT2D eigenvalue weighted by atomic mass is 16.1. The molecule has 0 spiro atoms. The molecule has 4 unspecified atom stereocenters. The number of rotatable bonds is 2. The van der Waals surface area contributed by atoms with E-state index in [2.05, 4.69) is 41.2 Å². The van der Waals surface area contributed by atoms with Gasteiger partial charge in [0.15, 0.2) is 0 Å². The second-order valence-corrected chi connectivity index (χ2v) is 7.73. The van der Waals surface area contributed by atoms with E-state index < -0.39 is 0 Å². The van der Waals surface area contributed by atoms with E-state index in [-0.39, 0.29) is 0 Å². The Morgan fingerprint density at radius 2 is 1.78 bits per heavy atom. The highest BCUT2D eigenvalue weighted by Crippen LogP contribution is 2.66. The number of carbonyl (C=O) groups is 1. The first-order valence-electron chi connectivity index (χ1n) is 7.38. The van der Waals surface area contributed by atoms with Crippen LogP contribution in [0.5, 0.6) is 0 Å². The largest absolute Gasteiger partial charge is 0.298 e. The Hall–Kier alpha value is -0.590. The van der Waals surface area contributed by atoms with Crippen LogP contribution in [-0.4, -0.2) is 6.29 Å². The van der Waals surface area contributed by atoms with Crippen LogP contribution in [-0.2, 0) is 4.79 Å². The Morgan fingerprint density at radius 1 is 1.17 bits per heavy atom. The van der Waals surface area contributed by atoms with Crippen LogP contribution in [0.25, 0.3) is 0 Å². The van der Waals surface area contributed by atoms with Crippen molar-refractivity contribution in [3.63, 3.8) is 0 Å². The zero-order chi connectivity index (χ0) is 13.7. The van der Waals surface area contributed by atoms with Gasteiger partial charge in [0, 0.05) is 0 Å². The standard InChI is InChI=1S/C17H28O/c1-11(10-18)13-8-7-9-14-15(13)17(5,6)12(2)16(14,3)4/h10,12-15H,1,7-9H2,2-6H3. The van der Waals surface area contributed by atoms with Crippen LogP contribution >= 0.6 is 0 Å². The van der Waals surface area contributed by atoms with Crippen molar-refractivity contribution in [1.82, 2.24) is 0 Å². The average Bonchev–Trinajstić information content (AvgIpc) is 2.48. The molecular formula is C17H28O. The smallest absolute Gasteiger partial charge is 0.145 e. The second kappa shape index (κ2) is 4.21. The van der Waals surface area contributed by atoms with Crippen molar-refractivity contribution in [2.75, 3.05) is 0 Å². The van der Waals surface area contributed by atoms with E-state index in [9.17, 15) is 4.79 Å². The normalized spacial score (nSPS) is 41.2. The number of allylic oxidation sites excluding steroid dienone is 1. The Kier molecular flexibility index (Phi) is 3.24. The fourth-order valence-corrected chi connectivity index (χ4v) is 5.14. The van der Waals surface area contributed by atoms with Crippen LogP contribution in [0.1, 0.15) is 53.9 Å². The molecule has 2 fully saturated rings. The summed E-state index contributed by atoms with van der Waals surface area (Å²) < 4.78 is 0. The summed E-state index contributed by atoms with van der Waals surface area (Å²) in [5, 5.41) is 0. The summed E-state index contributed by atoms with van der Waals surface area (Å²) in [5.41, 5.74) is 1.53. The molecule has 102 valence electrons. The third-order valence-electron chi connectivity index (χ3n) is 6.57. The van der Waals surface area contributed by atoms with Gasteiger partial charge in [-0.2, -0.15) is 0 Å². The van der Waals surface area contributed by atoms with Crippen molar-refractivity contribution in [2.24, 2.45) is 34.5 Å². The monoisotopic (exact) mass is 248 g/mol. The molecule has 2 aliphatic carbocycles. The van der Waals surface area contributed by atoms with Crippen LogP contribution in [0, 0.1) is 34.5 Å². The fraction of sp³-hybridized carbons (Fsp3) is 0.824. The van der Waals surface area contributed by atoms with Gasteiger partial charge in [-0.05, 0) is 52.9 Å². The minimum Gasteiger partial charge on any atom is -0.298 e. The lowest BCUT2D eigenvalue weighted by atomic mass is 9.62. The third-order valence-corrected chi connectivity index (χ3v) is 6.57. The summed E-state index contributed by atoms with van der Waals surface area (Å²) in [6.07, 6.45) is 4.74. The van der Waals surface area contributed by atoms with Gasteiger partial charge < -0.3 is 0 Å². The van der Waals surface area contributed by atoms with E-state index >= 15 is 0 Å². The SMILES string of the molecule is C=C(C=O)C1CCCC2C1C(C)(C)C(C)C2(C)C. The maximum Gasteiger partial charge on any atom is 0.145 e. The van der Waals surface area contributed by atoms with Gasteiger partial charge >= 0.3 is 0 Å². The summed E-state index contributed by atoms with van der Waals surface area (Å²) in [5.74, 6) is 2.49. The quantitative estimate of drug-likeness (QED) is 0.520. The summed E-state index contributed by atoms with van der Waals surface area (Å²) >= 11 is 0. The van der Waals surface area contributed by atoms with Crippen molar-refractivity contribution in [3.05, 3.63) is 12.2 Å². The van der Waals surface area contributed by atoms with Crippen molar-refractivity contribution >= 4 is 6.29 Å². The Labute approximate surface area is 112 Å². The van der Waals surface area contributed by atoms with Crippen LogP contribution in [0.3, 0.4) is 0 Å². The molecule has 0 heterocycles. The first-order chi connectivity index (χ1) is 8.24. The maximum absolute atomic E-state index is 11.1. The summed E-state index contributed by atoms with van der Waals surface area (Å²) in [6, 6.07) is 0. The van der Waals surface area contributed by atoms with E-state index in [1.165, 1.54) is 12.8 Å². The second-order valence-electron chi connectivity index (χ2n) is 7.73. The molecule has 2 rings (SSSR count). The Bertz CT molecular complexity index is 364. The topological polar surface area (TPSA) is 17.1 Å². The Morgan fingerprint density at radius 3 is 2.33 bits per heavy atom. The molecule has 2 saturated carbocycles. The molecule has 0 saturated heterocycles. The molecule has 0 aromatic heterocycles. The van der Waals surface area contributed by atoms with Gasteiger partial charge in [-0.15, -0.1) is 0 Å². The lowest BCUT2D eigenvalue weighted by Gasteiger charge is -2.42. The van der Waals surface area contributed by atoms with Crippen LogP contribution < -0.4 is 0 Å². The predicted molar refractivity (Wildman–Crippen MR) is 76.3 cm³/mol. The van der Waals surface area contributed by atoms with Crippen molar-refractivity contribution in [3.8, 4) is 0 Å². The van der Waals surface area contributed by atoms with Gasteiger partial charge in [-0.1, -0.05) is 47.6 Å². The van der Waals surface area contributed by atoms with Gasteiger partial charge in [0.25, 0.3) is 0 Å². The molecule has 2 aliphatic rings. The summed E-state index contributed by atoms with van der Waals surface area (Å²) in [4.78, 5) is 11.1. The highest BCUT2D eigenvalue weighted by molar-refractivity contribution is 5.73. The first-order valence-corrected chi connectivity index (χ1v) is 7.38. The van der Waals surface area contributed by atoms with E-state index in [1.807, 2.05) is 0 Å². The average molecular weight is 248 g/mol. The molecule has 0 amide bonds. The molecule has 0 N–H and O–H groups in total. The predicted octanol–water partition coefficient (Wildman–Crippen LogP) is 4.48. The van der Waals surface area contributed by atoms with Crippen LogP contribution in [0.4, 0.5) is 0 Å². The molecule has 0 radical (unpaired) electrons. The van der Waals surface area contributed by atoms with E-state index in [1.54, 1.807) is 0 Å². The molecule has 0 aromatic carbocycles. The van der Waals surface area contributed by atoms with E-state index in [0.29, 0.717) is 28.6 Å². The molecule has 1 nitrogen and oxygen atoms in total. The zero-order valence-corrected chi connectivity index (χ0v) is 12.6. The molecule has 1 heteroatoms. The maximum atomic E-state index is 11.1. The third kappa shape index (κ3) is 1.70. The lowest BCUT2D eigenvalue weighted by molar-refractivity contribution is -0.105. The minimum absolute atomic E-state index is 0.311. The van der Waals surface area contributed by atoms with E-state index in [4.69, 9.17) is 0 Å². The minimum atomic E-state index is 0.311.